The minimum atomic E-state index is -0.489. The molecule has 5 heteroatoms. The fourth-order valence-corrected chi connectivity index (χ4v) is 2.78. The van der Waals surface area contributed by atoms with Gasteiger partial charge in [0.1, 0.15) is 11.6 Å². The number of hydrazine groups is 1. The monoisotopic (exact) mass is 352 g/mol. The Bertz CT molecular complexity index is 661. The molecule has 3 N–H and O–H groups in total. The number of halogens is 2. The smallest absolute Gasteiger partial charge is 0.142 e. The molecule has 0 spiro atoms. The summed E-state index contributed by atoms with van der Waals surface area (Å²) in [6.45, 7) is 3.98. The summed E-state index contributed by atoms with van der Waals surface area (Å²) in [5, 5.41) is 0. The molecule has 0 saturated heterocycles. The summed E-state index contributed by atoms with van der Waals surface area (Å²) in [7, 11) is 1.61. The fourth-order valence-electron chi connectivity index (χ4n) is 2.40. The minimum Gasteiger partial charge on any atom is -0.496 e. The van der Waals surface area contributed by atoms with Crippen LogP contribution in [-0.2, 0) is 0 Å². The molecule has 1 atom stereocenters. The summed E-state index contributed by atoms with van der Waals surface area (Å²) in [5.74, 6) is 6.07. The van der Waals surface area contributed by atoms with E-state index >= 15 is 0 Å². The maximum absolute atomic E-state index is 14.4. The molecule has 21 heavy (non-hydrogen) atoms. The highest BCUT2D eigenvalue weighted by Gasteiger charge is 2.22. The molecule has 0 aliphatic rings. The summed E-state index contributed by atoms with van der Waals surface area (Å²) < 4.78 is 20.3. The number of hydrogen-bond acceptors (Lipinski definition) is 3. The molecule has 0 bridgehead atoms. The number of hydrogen-bond donors (Lipinski definition) is 2. The van der Waals surface area contributed by atoms with Crippen molar-refractivity contribution in [3.05, 3.63) is 62.9 Å². The van der Waals surface area contributed by atoms with Crippen molar-refractivity contribution in [2.45, 2.75) is 19.9 Å². The van der Waals surface area contributed by atoms with E-state index in [1.807, 2.05) is 26.0 Å². The Kier molecular flexibility index (Phi) is 4.98. The third-order valence-electron chi connectivity index (χ3n) is 3.68. The number of nitrogens with one attached hydrogen (secondary N) is 1. The normalized spacial score (nSPS) is 12.3. The Morgan fingerprint density at radius 1 is 1.19 bits per heavy atom. The minimum absolute atomic E-state index is 0.333. The van der Waals surface area contributed by atoms with Gasteiger partial charge >= 0.3 is 0 Å². The number of methoxy groups -OCH3 is 1. The van der Waals surface area contributed by atoms with E-state index in [4.69, 9.17) is 10.6 Å². The number of nitrogens with two attached hydrogens (primary N) is 1. The first-order valence-electron chi connectivity index (χ1n) is 6.55. The molecular formula is C16H18BrFN2O. The van der Waals surface area contributed by atoms with Gasteiger partial charge in [0.15, 0.2) is 0 Å². The highest BCUT2D eigenvalue weighted by molar-refractivity contribution is 9.10. The van der Waals surface area contributed by atoms with E-state index in [1.165, 1.54) is 0 Å². The van der Waals surface area contributed by atoms with Crippen LogP contribution in [0.3, 0.4) is 0 Å². The predicted molar refractivity (Wildman–Crippen MR) is 85.7 cm³/mol. The van der Waals surface area contributed by atoms with Crippen LogP contribution in [0.4, 0.5) is 4.39 Å². The zero-order valence-corrected chi connectivity index (χ0v) is 13.8. The molecule has 0 aromatic heterocycles. The molecule has 2 rings (SSSR count). The molecule has 0 aliphatic carbocycles. The fraction of sp³-hybridized carbons (Fsp3) is 0.250. The number of aryl methyl sites for hydroxylation is 1. The van der Waals surface area contributed by atoms with Gasteiger partial charge in [-0.2, -0.15) is 0 Å². The Labute approximate surface area is 132 Å². The van der Waals surface area contributed by atoms with E-state index in [0.29, 0.717) is 10.0 Å². The second-order valence-corrected chi connectivity index (χ2v) is 5.73. The van der Waals surface area contributed by atoms with Gasteiger partial charge in [-0.25, -0.2) is 9.82 Å². The second kappa shape index (κ2) is 6.56. The third-order valence-corrected chi connectivity index (χ3v) is 4.29. The van der Waals surface area contributed by atoms with Crippen LogP contribution in [0.5, 0.6) is 5.75 Å². The number of rotatable bonds is 4. The molecule has 0 amide bonds. The molecule has 0 radical (unpaired) electrons. The zero-order valence-electron chi connectivity index (χ0n) is 12.2. The van der Waals surface area contributed by atoms with Crippen LogP contribution in [0, 0.1) is 19.7 Å². The molecule has 112 valence electrons. The average Bonchev–Trinajstić information content (AvgIpc) is 2.48. The third kappa shape index (κ3) is 2.95. The molecule has 0 aliphatic heterocycles. The highest BCUT2D eigenvalue weighted by Crippen LogP contribution is 2.35. The van der Waals surface area contributed by atoms with Gasteiger partial charge in [0.2, 0.25) is 0 Å². The van der Waals surface area contributed by atoms with E-state index in [9.17, 15) is 4.39 Å². The van der Waals surface area contributed by atoms with E-state index in [0.717, 1.165) is 22.4 Å². The van der Waals surface area contributed by atoms with Crippen molar-refractivity contribution < 1.29 is 9.13 Å². The van der Waals surface area contributed by atoms with Crippen molar-refractivity contribution in [1.29, 1.82) is 0 Å². The highest BCUT2D eigenvalue weighted by atomic mass is 79.9. The van der Waals surface area contributed by atoms with E-state index in [-0.39, 0.29) is 5.82 Å². The van der Waals surface area contributed by atoms with E-state index in [1.54, 1.807) is 25.3 Å². The van der Waals surface area contributed by atoms with Gasteiger partial charge in [-0.15, -0.1) is 0 Å². The largest absolute Gasteiger partial charge is 0.496 e. The van der Waals surface area contributed by atoms with Crippen LogP contribution < -0.4 is 16.0 Å². The first-order valence-corrected chi connectivity index (χ1v) is 7.34. The molecule has 1 unspecified atom stereocenters. The first kappa shape index (κ1) is 15.9. The van der Waals surface area contributed by atoms with Crippen LogP contribution in [0.15, 0.2) is 34.8 Å². The lowest BCUT2D eigenvalue weighted by molar-refractivity contribution is 0.399. The maximum atomic E-state index is 14.4. The quantitative estimate of drug-likeness (QED) is 0.650. The van der Waals surface area contributed by atoms with Crippen molar-refractivity contribution in [2.24, 2.45) is 5.84 Å². The van der Waals surface area contributed by atoms with E-state index < -0.39 is 6.04 Å². The van der Waals surface area contributed by atoms with Crippen LogP contribution in [-0.4, -0.2) is 7.11 Å². The Hall–Kier alpha value is -1.43. The summed E-state index contributed by atoms with van der Waals surface area (Å²) >= 11 is 3.20. The standard InChI is InChI=1S/C16H18BrFN2O/c1-9-7-8-12(16(21-3)10(9)2)15(20-19)11-5-4-6-13(17)14(11)18/h4-8,15,20H,19H2,1-3H3. The van der Waals surface area contributed by atoms with Crippen molar-refractivity contribution in [3.8, 4) is 5.75 Å². The summed E-state index contributed by atoms with van der Waals surface area (Å²) in [6, 6.07) is 8.54. The summed E-state index contributed by atoms with van der Waals surface area (Å²) in [5.41, 5.74) is 6.09. The van der Waals surface area contributed by atoms with Gasteiger partial charge in [0.25, 0.3) is 0 Å². The lowest BCUT2D eigenvalue weighted by atomic mass is 9.94. The van der Waals surface area contributed by atoms with Crippen molar-refractivity contribution in [3.63, 3.8) is 0 Å². The van der Waals surface area contributed by atoms with Gasteiger partial charge in [-0.3, -0.25) is 5.84 Å². The first-order chi connectivity index (χ1) is 10.0. The van der Waals surface area contributed by atoms with Crippen LogP contribution in [0.2, 0.25) is 0 Å². The molecule has 3 nitrogen and oxygen atoms in total. The van der Waals surface area contributed by atoms with Gasteiger partial charge in [0.05, 0.1) is 17.6 Å². The van der Waals surface area contributed by atoms with Gasteiger partial charge in [-0.1, -0.05) is 24.3 Å². The number of ether oxygens (including phenoxy) is 1. The van der Waals surface area contributed by atoms with Crippen LogP contribution in [0.25, 0.3) is 0 Å². The van der Waals surface area contributed by atoms with Crippen LogP contribution in [0.1, 0.15) is 28.3 Å². The summed E-state index contributed by atoms with van der Waals surface area (Å²) in [6.07, 6.45) is 0. The molecule has 0 heterocycles. The van der Waals surface area contributed by atoms with Crippen molar-refractivity contribution >= 4 is 15.9 Å². The lowest BCUT2D eigenvalue weighted by Gasteiger charge is -2.22. The molecule has 0 fully saturated rings. The number of benzene rings is 2. The SMILES string of the molecule is COc1c(C(NN)c2cccc(Br)c2F)ccc(C)c1C. The van der Waals surface area contributed by atoms with E-state index in [2.05, 4.69) is 21.4 Å². The van der Waals surface area contributed by atoms with Gasteiger partial charge in [0, 0.05) is 11.1 Å². The second-order valence-electron chi connectivity index (χ2n) is 4.87. The molecule has 0 saturated carbocycles. The zero-order chi connectivity index (χ0) is 15.6. The topological polar surface area (TPSA) is 47.3 Å². The van der Waals surface area contributed by atoms with Crippen molar-refractivity contribution in [2.75, 3.05) is 7.11 Å². The predicted octanol–water partition coefficient (Wildman–Crippen LogP) is 3.77. The Morgan fingerprint density at radius 3 is 2.52 bits per heavy atom. The summed E-state index contributed by atoms with van der Waals surface area (Å²) in [4.78, 5) is 0. The van der Waals surface area contributed by atoms with Gasteiger partial charge in [-0.05, 0) is 47.0 Å². The van der Waals surface area contributed by atoms with Crippen LogP contribution >= 0.6 is 15.9 Å². The molecular weight excluding hydrogens is 335 g/mol. The Morgan fingerprint density at radius 2 is 1.90 bits per heavy atom. The van der Waals surface area contributed by atoms with Crippen molar-refractivity contribution in [1.82, 2.24) is 5.43 Å². The maximum Gasteiger partial charge on any atom is 0.142 e. The molecule has 2 aromatic carbocycles. The lowest BCUT2D eigenvalue weighted by Crippen LogP contribution is -2.30. The Balaban J connectivity index is 2.62. The van der Waals surface area contributed by atoms with Gasteiger partial charge < -0.3 is 4.74 Å². The molecule has 2 aromatic rings. The average molecular weight is 353 g/mol.